The maximum Gasteiger partial charge on any atom is 0.256 e. The second-order valence-electron chi connectivity index (χ2n) is 10.9. The minimum atomic E-state index is -0.382. The van der Waals surface area contributed by atoms with Crippen molar-refractivity contribution in [2.75, 3.05) is 10.6 Å². The van der Waals surface area contributed by atoms with Crippen LogP contribution in [0.1, 0.15) is 20.7 Å². The van der Waals surface area contributed by atoms with Gasteiger partial charge in [-0.15, -0.1) is 0 Å². The summed E-state index contributed by atoms with van der Waals surface area (Å²) in [5, 5.41) is 8.92. The van der Waals surface area contributed by atoms with Crippen LogP contribution in [0.3, 0.4) is 0 Å². The molecule has 2 heterocycles. The lowest BCUT2D eigenvalue weighted by Gasteiger charge is -2.15. The first kappa shape index (κ1) is 31.6. The molecule has 48 heavy (non-hydrogen) atoms. The van der Waals surface area contributed by atoms with Gasteiger partial charge in [-0.3, -0.25) is 9.59 Å². The predicted molar refractivity (Wildman–Crippen MR) is 197 cm³/mol. The molecule has 0 saturated carbocycles. The minimum absolute atomic E-state index is 0.380. The Bertz CT molecular complexity index is 2250. The first-order valence-electron chi connectivity index (χ1n) is 14.7. The first-order valence-corrected chi connectivity index (χ1v) is 16.2. The molecule has 0 spiro atoms. The predicted octanol–water partition coefficient (Wildman–Crippen LogP) is 11.2. The molecule has 0 aliphatic heterocycles. The molecule has 0 fully saturated rings. The summed E-state index contributed by atoms with van der Waals surface area (Å²) in [5.74, 6) is -0.763. The van der Waals surface area contributed by atoms with Crippen LogP contribution in [0, 0.1) is 0 Å². The third-order valence-corrected chi connectivity index (χ3v) is 9.25. The number of hydrogen-bond donors (Lipinski definition) is 2. The standard InChI is InChI=1S/C38H22Cl4N4O2/c39-27-15-13-21(17-29(27)41)35-19-25(23-7-1-3-9-31(23)43-35)37(47)45-33-11-5-6-12-34(33)46-38(48)26-20-36(22-14-16-28(40)30(42)18-22)44-32-10-4-2-8-24(26)32/h1-20H,(H,45,47)(H,46,48). The van der Waals surface area contributed by atoms with Crippen LogP contribution >= 0.6 is 46.4 Å². The molecule has 0 radical (unpaired) electrons. The van der Waals surface area contributed by atoms with Gasteiger partial charge in [0.1, 0.15) is 0 Å². The summed E-state index contributed by atoms with van der Waals surface area (Å²) in [6.07, 6.45) is 0. The van der Waals surface area contributed by atoms with Gasteiger partial charge in [-0.05, 0) is 60.7 Å². The second kappa shape index (κ2) is 13.3. The van der Waals surface area contributed by atoms with E-state index < -0.39 is 0 Å². The molecule has 5 aromatic carbocycles. The highest BCUT2D eigenvalue weighted by atomic mass is 35.5. The van der Waals surface area contributed by atoms with Gasteiger partial charge in [-0.25, -0.2) is 9.97 Å². The molecule has 0 aliphatic rings. The van der Waals surface area contributed by atoms with Gasteiger partial charge in [0, 0.05) is 21.9 Å². The van der Waals surface area contributed by atoms with Crippen LogP contribution in [-0.2, 0) is 0 Å². The first-order chi connectivity index (χ1) is 23.2. The molecule has 0 saturated heterocycles. The average Bonchev–Trinajstić information content (AvgIpc) is 3.10. The number of anilines is 2. The van der Waals surface area contributed by atoms with Crippen LogP contribution < -0.4 is 10.6 Å². The summed E-state index contributed by atoms with van der Waals surface area (Å²) >= 11 is 24.9. The van der Waals surface area contributed by atoms with Gasteiger partial charge in [0.15, 0.2) is 0 Å². The van der Waals surface area contributed by atoms with Gasteiger partial charge in [0.2, 0.25) is 0 Å². The molecular weight excluding hydrogens is 686 g/mol. The number of amides is 2. The second-order valence-corrected chi connectivity index (χ2v) is 12.5. The Morgan fingerprint density at radius 3 is 1.27 bits per heavy atom. The number of para-hydroxylation sites is 4. The van der Waals surface area contributed by atoms with Crippen molar-refractivity contribution in [1.29, 1.82) is 0 Å². The minimum Gasteiger partial charge on any atom is -0.320 e. The molecule has 0 aliphatic carbocycles. The van der Waals surface area contributed by atoms with Crippen molar-refractivity contribution in [2.45, 2.75) is 0 Å². The van der Waals surface area contributed by atoms with Crippen molar-refractivity contribution in [2.24, 2.45) is 0 Å². The van der Waals surface area contributed by atoms with Gasteiger partial charge in [-0.1, -0.05) is 107 Å². The molecule has 2 aromatic heterocycles. The molecule has 7 aromatic rings. The van der Waals surface area contributed by atoms with Crippen LogP contribution in [0.2, 0.25) is 20.1 Å². The molecule has 2 N–H and O–H groups in total. The normalized spacial score (nSPS) is 11.1. The summed E-state index contributed by atoms with van der Waals surface area (Å²) in [7, 11) is 0. The van der Waals surface area contributed by atoms with E-state index in [1.165, 1.54) is 0 Å². The van der Waals surface area contributed by atoms with E-state index in [2.05, 4.69) is 10.6 Å². The Morgan fingerprint density at radius 1 is 0.458 bits per heavy atom. The maximum atomic E-state index is 13.9. The number of hydrogen-bond acceptors (Lipinski definition) is 4. The molecule has 0 unspecified atom stereocenters. The summed E-state index contributed by atoms with van der Waals surface area (Å²) < 4.78 is 0. The number of fused-ring (bicyclic) bond motifs is 2. The topological polar surface area (TPSA) is 84.0 Å². The lowest BCUT2D eigenvalue weighted by atomic mass is 10.0. The SMILES string of the molecule is O=C(Nc1ccccc1NC(=O)c1cc(-c2ccc(Cl)c(Cl)c2)nc2ccccc12)c1cc(-c2ccc(Cl)c(Cl)c2)nc2ccccc12. The van der Waals surface area contributed by atoms with E-state index in [1.54, 1.807) is 72.8 Å². The Balaban J connectivity index is 1.23. The fourth-order valence-electron chi connectivity index (χ4n) is 5.41. The van der Waals surface area contributed by atoms with Gasteiger partial charge in [0.25, 0.3) is 11.8 Å². The molecule has 6 nitrogen and oxygen atoms in total. The van der Waals surface area contributed by atoms with Gasteiger partial charge >= 0.3 is 0 Å². The van der Waals surface area contributed by atoms with Crippen molar-refractivity contribution in [3.8, 4) is 22.5 Å². The smallest absolute Gasteiger partial charge is 0.256 e. The lowest BCUT2D eigenvalue weighted by Crippen LogP contribution is -2.17. The molecule has 7 rings (SSSR count). The van der Waals surface area contributed by atoms with Crippen LogP contribution in [0.25, 0.3) is 44.3 Å². The summed E-state index contributed by atoms with van der Waals surface area (Å²) in [5.41, 5.74) is 5.42. The van der Waals surface area contributed by atoms with E-state index in [9.17, 15) is 9.59 Å². The zero-order chi connectivity index (χ0) is 33.4. The Morgan fingerprint density at radius 2 is 0.854 bits per heavy atom. The molecule has 0 bridgehead atoms. The molecular formula is C38H22Cl4N4O2. The third-order valence-electron chi connectivity index (χ3n) is 7.78. The van der Waals surface area contributed by atoms with E-state index in [4.69, 9.17) is 56.4 Å². The van der Waals surface area contributed by atoms with Gasteiger partial charge in [0.05, 0.1) is 65.0 Å². The van der Waals surface area contributed by atoms with E-state index in [-0.39, 0.29) is 11.8 Å². The fraction of sp³-hybridized carbons (Fsp3) is 0. The highest BCUT2D eigenvalue weighted by Crippen LogP contribution is 2.33. The van der Waals surface area contributed by atoms with E-state index in [1.807, 2.05) is 48.5 Å². The highest BCUT2D eigenvalue weighted by molar-refractivity contribution is 6.42. The fourth-order valence-corrected chi connectivity index (χ4v) is 6.01. The Hall–Kier alpha value is -4.98. The third kappa shape index (κ3) is 6.31. The maximum absolute atomic E-state index is 13.9. The average molecular weight is 708 g/mol. The number of benzene rings is 5. The number of pyridine rings is 2. The number of aromatic nitrogens is 2. The number of carbonyl (C=O) groups excluding carboxylic acids is 2. The number of nitrogens with zero attached hydrogens (tertiary/aromatic N) is 2. The molecule has 2 amide bonds. The number of nitrogens with one attached hydrogen (secondary N) is 2. The largest absolute Gasteiger partial charge is 0.320 e. The van der Waals surface area contributed by atoms with E-state index >= 15 is 0 Å². The quantitative estimate of drug-likeness (QED) is 0.180. The summed E-state index contributed by atoms with van der Waals surface area (Å²) in [4.78, 5) is 37.4. The van der Waals surface area contributed by atoms with Crippen LogP contribution in [0.15, 0.2) is 121 Å². The van der Waals surface area contributed by atoms with Crippen molar-refractivity contribution in [3.63, 3.8) is 0 Å². The zero-order valence-corrected chi connectivity index (χ0v) is 27.8. The Kier molecular flexibility index (Phi) is 8.73. The number of halogens is 4. The lowest BCUT2D eigenvalue weighted by molar-refractivity contribution is 0.101. The Labute approximate surface area is 295 Å². The van der Waals surface area contributed by atoms with Crippen LogP contribution in [0.4, 0.5) is 11.4 Å². The van der Waals surface area contributed by atoms with Crippen LogP contribution in [0.5, 0.6) is 0 Å². The van der Waals surface area contributed by atoms with Crippen molar-refractivity contribution in [1.82, 2.24) is 9.97 Å². The zero-order valence-electron chi connectivity index (χ0n) is 24.8. The molecule has 0 atom stereocenters. The van der Waals surface area contributed by atoms with E-state index in [0.717, 1.165) is 0 Å². The van der Waals surface area contributed by atoms with Crippen molar-refractivity contribution >= 4 is 91.4 Å². The highest BCUT2D eigenvalue weighted by Gasteiger charge is 2.19. The number of rotatable bonds is 6. The van der Waals surface area contributed by atoms with Crippen molar-refractivity contribution in [3.05, 3.63) is 153 Å². The van der Waals surface area contributed by atoms with Crippen molar-refractivity contribution < 1.29 is 9.59 Å². The monoisotopic (exact) mass is 706 g/mol. The van der Waals surface area contributed by atoms with E-state index in [0.29, 0.717) is 86.9 Å². The van der Waals surface area contributed by atoms with Crippen LogP contribution in [-0.4, -0.2) is 21.8 Å². The molecule has 10 heteroatoms. The summed E-state index contributed by atoms with van der Waals surface area (Å²) in [6.45, 7) is 0. The molecule has 234 valence electrons. The van der Waals surface area contributed by atoms with Gasteiger partial charge in [-0.2, -0.15) is 0 Å². The van der Waals surface area contributed by atoms with Gasteiger partial charge < -0.3 is 10.6 Å². The number of carbonyl (C=O) groups is 2. The summed E-state index contributed by atoms with van der Waals surface area (Å²) in [6, 6.07) is 35.6.